The maximum absolute atomic E-state index is 12.5. The van der Waals surface area contributed by atoms with Crippen molar-refractivity contribution in [1.82, 2.24) is 4.90 Å². The maximum Gasteiger partial charge on any atom is 0.335 e. The fourth-order valence-corrected chi connectivity index (χ4v) is 3.32. The second-order valence-electron chi connectivity index (χ2n) is 6.31. The summed E-state index contributed by atoms with van der Waals surface area (Å²) in [6.45, 7) is 6.18. The van der Waals surface area contributed by atoms with Gasteiger partial charge in [-0.15, -0.1) is 0 Å². The SMILES string of the molecule is COC(=O)[C@@H]1C[C@@H]2[C@H](CC[C@@H](C)N2C(=O)CC(C)C)O1. The molecule has 2 fully saturated rings. The van der Waals surface area contributed by atoms with Gasteiger partial charge in [-0.25, -0.2) is 4.79 Å². The molecule has 2 rings (SSSR count). The molecule has 2 saturated heterocycles. The van der Waals surface area contributed by atoms with Gasteiger partial charge in [-0.2, -0.15) is 0 Å². The van der Waals surface area contributed by atoms with Crippen molar-refractivity contribution in [3.05, 3.63) is 0 Å². The molecule has 0 aromatic carbocycles. The first-order valence-electron chi connectivity index (χ1n) is 7.48. The number of fused-ring (bicyclic) bond motifs is 1. The van der Waals surface area contributed by atoms with Gasteiger partial charge in [-0.3, -0.25) is 4.79 Å². The van der Waals surface area contributed by atoms with Crippen LogP contribution in [0.3, 0.4) is 0 Å². The number of ether oxygens (including phenoxy) is 2. The predicted molar refractivity (Wildman–Crippen MR) is 74.1 cm³/mol. The lowest BCUT2D eigenvalue weighted by Crippen LogP contribution is -2.53. The van der Waals surface area contributed by atoms with Crippen LogP contribution in [0.25, 0.3) is 0 Å². The van der Waals surface area contributed by atoms with Gasteiger partial charge in [0, 0.05) is 18.9 Å². The smallest absolute Gasteiger partial charge is 0.335 e. The fraction of sp³-hybridized carbons (Fsp3) is 0.867. The van der Waals surface area contributed by atoms with Gasteiger partial charge in [0.05, 0.1) is 19.3 Å². The van der Waals surface area contributed by atoms with Crippen molar-refractivity contribution in [2.24, 2.45) is 5.92 Å². The highest BCUT2D eigenvalue weighted by Crippen LogP contribution is 2.35. The van der Waals surface area contributed by atoms with Crippen molar-refractivity contribution in [2.75, 3.05) is 7.11 Å². The van der Waals surface area contributed by atoms with E-state index < -0.39 is 6.10 Å². The molecule has 0 unspecified atom stereocenters. The van der Waals surface area contributed by atoms with Gasteiger partial charge in [-0.05, 0) is 25.7 Å². The van der Waals surface area contributed by atoms with Crippen molar-refractivity contribution in [2.45, 2.75) is 70.7 Å². The highest BCUT2D eigenvalue weighted by Gasteiger charge is 2.47. The molecule has 0 aromatic heterocycles. The van der Waals surface area contributed by atoms with Crippen molar-refractivity contribution in [1.29, 1.82) is 0 Å². The number of nitrogens with zero attached hydrogens (tertiary/aromatic N) is 1. The molecule has 1 amide bonds. The number of rotatable bonds is 3. The van der Waals surface area contributed by atoms with E-state index in [-0.39, 0.29) is 30.1 Å². The van der Waals surface area contributed by atoms with Crippen LogP contribution in [0.4, 0.5) is 0 Å². The summed E-state index contributed by atoms with van der Waals surface area (Å²) in [5, 5.41) is 0. The van der Waals surface area contributed by atoms with E-state index >= 15 is 0 Å². The molecule has 0 bridgehead atoms. The summed E-state index contributed by atoms with van der Waals surface area (Å²) >= 11 is 0. The van der Waals surface area contributed by atoms with Gasteiger partial charge < -0.3 is 14.4 Å². The van der Waals surface area contributed by atoms with Crippen LogP contribution in [-0.2, 0) is 19.1 Å². The topological polar surface area (TPSA) is 55.8 Å². The van der Waals surface area contributed by atoms with Crippen molar-refractivity contribution >= 4 is 11.9 Å². The summed E-state index contributed by atoms with van der Waals surface area (Å²) < 4.78 is 10.5. The Hall–Kier alpha value is -1.10. The molecule has 5 heteroatoms. The molecule has 2 aliphatic rings. The summed E-state index contributed by atoms with van der Waals surface area (Å²) in [7, 11) is 1.37. The van der Waals surface area contributed by atoms with Crippen molar-refractivity contribution in [3.63, 3.8) is 0 Å². The second kappa shape index (κ2) is 6.12. The number of methoxy groups -OCH3 is 1. The van der Waals surface area contributed by atoms with Crippen molar-refractivity contribution in [3.8, 4) is 0 Å². The summed E-state index contributed by atoms with van der Waals surface area (Å²) in [5.74, 6) is 0.188. The molecular formula is C15H25NO4. The molecule has 0 N–H and O–H groups in total. The molecule has 0 aliphatic carbocycles. The van der Waals surface area contributed by atoms with Crippen LogP contribution < -0.4 is 0 Å². The molecule has 0 radical (unpaired) electrons. The lowest BCUT2D eigenvalue weighted by atomic mass is 9.91. The Kier molecular flexibility index (Phi) is 4.68. The van der Waals surface area contributed by atoms with Gasteiger partial charge in [-0.1, -0.05) is 13.8 Å². The Bertz CT molecular complexity index is 382. The van der Waals surface area contributed by atoms with Crippen LogP contribution in [0.2, 0.25) is 0 Å². The van der Waals surface area contributed by atoms with E-state index in [0.717, 1.165) is 12.8 Å². The number of carbonyl (C=O) groups is 2. The zero-order valence-electron chi connectivity index (χ0n) is 12.8. The molecule has 0 aromatic rings. The van der Waals surface area contributed by atoms with Crippen LogP contribution >= 0.6 is 0 Å². The number of carbonyl (C=O) groups excluding carboxylic acids is 2. The minimum Gasteiger partial charge on any atom is -0.467 e. The Morgan fingerprint density at radius 1 is 1.35 bits per heavy atom. The number of piperidine rings is 1. The lowest BCUT2D eigenvalue weighted by Gasteiger charge is -2.41. The minimum atomic E-state index is -0.519. The Morgan fingerprint density at radius 3 is 2.65 bits per heavy atom. The van der Waals surface area contributed by atoms with E-state index in [0.29, 0.717) is 18.8 Å². The van der Waals surface area contributed by atoms with Crippen LogP contribution in [0.5, 0.6) is 0 Å². The summed E-state index contributed by atoms with van der Waals surface area (Å²) in [5.41, 5.74) is 0. The van der Waals surface area contributed by atoms with Crippen molar-refractivity contribution < 1.29 is 19.1 Å². The first kappa shape index (κ1) is 15.3. The molecule has 20 heavy (non-hydrogen) atoms. The van der Waals surface area contributed by atoms with Gasteiger partial charge in [0.25, 0.3) is 0 Å². The summed E-state index contributed by atoms with van der Waals surface area (Å²) in [6, 6.07) is 0.247. The summed E-state index contributed by atoms with van der Waals surface area (Å²) in [6.07, 6.45) is 2.41. The lowest BCUT2D eigenvalue weighted by molar-refractivity contribution is -0.154. The molecule has 5 nitrogen and oxygen atoms in total. The molecule has 0 spiro atoms. The molecule has 2 aliphatic heterocycles. The fourth-order valence-electron chi connectivity index (χ4n) is 3.32. The first-order valence-corrected chi connectivity index (χ1v) is 7.48. The predicted octanol–water partition coefficient (Wildman–Crippen LogP) is 1.74. The van der Waals surface area contributed by atoms with E-state index in [2.05, 4.69) is 6.92 Å². The molecule has 0 saturated carbocycles. The van der Waals surface area contributed by atoms with Crippen LogP contribution in [-0.4, -0.2) is 48.2 Å². The molecule has 4 atom stereocenters. The van der Waals surface area contributed by atoms with Crippen LogP contribution in [0.1, 0.15) is 46.5 Å². The van der Waals surface area contributed by atoms with Gasteiger partial charge in [0.1, 0.15) is 0 Å². The largest absolute Gasteiger partial charge is 0.467 e. The number of likely N-dealkylation sites (tertiary alicyclic amines) is 1. The third-order valence-corrected chi connectivity index (χ3v) is 4.26. The quantitative estimate of drug-likeness (QED) is 0.740. The van der Waals surface area contributed by atoms with E-state index in [1.807, 2.05) is 18.7 Å². The number of hydrogen-bond donors (Lipinski definition) is 0. The Balaban J connectivity index is 2.10. The molecule has 114 valence electrons. The third kappa shape index (κ3) is 2.97. The zero-order chi connectivity index (χ0) is 14.9. The average molecular weight is 283 g/mol. The Morgan fingerprint density at radius 2 is 2.05 bits per heavy atom. The standard InChI is InChI=1S/C15H25NO4/c1-9(2)7-14(17)16-10(3)5-6-12-11(16)8-13(20-12)15(18)19-4/h9-13H,5-8H2,1-4H3/t10-,11-,12+,13+/m1/s1. The highest BCUT2D eigenvalue weighted by molar-refractivity contribution is 5.78. The van der Waals surface area contributed by atoms with Gasteiger partial charge in [0.2, 0.25) is 5.91 Å². The number of amides is 1. The van der Waals surface area contributed by atoms with E-state index in [1.54, 1.807) is 0 Å². The van der Waals surface area contributed by atoms with Gasteiger partial charge in [0.15, 0.2) is 6.10 Å². The number of esters is 1. The normalized spacial score (nSPS) is 33.1. The highest BCUT2D eigenvalue weighted by atomic mass is 16.6. The zero-order valence-corrected chi connectivity index (χ0v) is 12.8. The Labute approximate surface area is 120 Å². The third-order valence-electron chi connectivity index (χ3n) is 4.26. The second-order valence-corrected chi connectivity index (χ2v) is 6.31. The van der Waals surface area contributed by atoms with Crippen LogP contribution in [0.15, 0.2) is 0 Å². The van der Waals surface area contributed by atoms with Gasteiger partial charge >= 0.3 is 5.97 Å². The molecule has 2 heterocycles. The van der Waals surface area contributed by atoms with E-state index in [4.69, 9.17) is 9.47 Å². The number of hydrogen-bond acceptors (Lipinski definition) is 4. The van der Waals surface area contributed by atoms with Crippen LogP contribution in [0, 0.1) is 5.92 Å². The maximum atomic E-state index is 12.5. The molecular weight excluding hydrogens is 258 g/mol. The average Bonchev–Trinajstić information content (AvgIpc) is 2.80. The minimum absolute atomic E-state index is 0.0218. The first-order chi connectivity index (χ1) is 9.43. The summed E-state index contributed by atoms with van der Waals surface area (Å²) in [4.78, 5) is 26.1. The van der Waals surface area contributed by atoms with E-state index in [9.17, 15) is 9.59 Å². The monoisotopic (exact) mass is 283 g/mol. The van der Waals surface area contributed by atoms with E-state index in [1.165, 1.54) is 7.11 Å².